The first-order valence-electron chi connectivity index (χ1n) is 10.5. The number of ether oxygens (including phenoxy) is 1. The number of aromatic nitrogens is 3. The molecule has 0 aliphatic carbocycles. The Balaban J connectivity index is 1.69. The lowest BCUT2D eigenvalue weighted by molar-refractivity contribution is 0.0953. The normalized spacial score (nSPS) is 11.6. The van der Waals surface area contributed by atoms with Crippen molar-refractivity contribution in [2.45, 2.75) is 33.1 Å². The molecular weight excluding hydrogens is 390 g/mol. The van der Waals surface area contributed by atoms with Gasteiger partial charge in [-0.3, -0.25) is 9.78 Å². The zero-order chi connectivity index (χ0) is 22.2. The SMILES string of the molecule is CCCNC(=O)c1ccc(C(C)CNc2cc(-c3ccc(C)nc3)ncn2)c(OC)c1. The standard InChI is InChI=1S/C24H29N5O2/c1-5-10-25-24(30)18-8-9-20(22(11-18)31-4)16(2)13-27-23-12-21(28-15-29-23)19-7-6-17(3)26-14-19/h6-9,11-12,14-16H,5,10,13H2,1-4H3,(H,25,30)(H,27,28,29). The Morgan fingerprint density at radius 3 is 2.68 bits per heavy atom. The van der Waals surface area contributed by atoms with Gasteiger partial charge in [0, 0.05) is 48.1 Å². The number of carbonyl (C=O) groups is 1. The first kappa shape index (κ1) is 22.2. The molecule has 0 fully saturated rings. The minimum absolute atomic E-state index is 0.0865. The van der Waals surface area contributed by atoms with Gasteiger partial charge in [0.25, 0.3) is 5.91 Å². The molecule has 1 aromatic carbocycles. The highest BCUT2D eigenvalue weighted by Gasteiger charge is 2.15. The maximum Gasteiger partial charge on any atom is 0.251 e. The molecule has 2 aromatic heterocycles. The third-order valence-corrected chi connectivity index (χ3v) is 5.03. The highest BCUT2D eigenvalue weighted by Crippen LogP contribution is 2.28. The molecule has 7 heteroatoms. The third kappa shape index (κ3) is 5.78. The molecule has 1 amide bonds. The van der Waals surface area contributed by atoms with E-state index in [4.69, 9.17) is 4.74 Å². The minimum Gasteiger partial charge on any atom is -0.496 e. The quantitative estimate of drug-likeness (QED) is 0.540. The van der Waals surface area contributed by atoms with Crippen LogP contribution in [0.5, 0.6) is 5.75 Å². The van der Waals surface area contributed by atoms with Crippen molar-refractivity contribution in [3.05, 3.63) is 65.7 Å². The van der Waals surface area contributed by atoms with Gasteiger partial charge in [0.1, 0.15) is 17.9 Å². The Morgan fingerprint density at radius 1 is 1.13 bits per heavy atom. The molecule has 0 spiro atoms. The lowest BCUT2D eigenvalue weighted by Gasteiger charge is -2.18. The van der Waals surface area contributed by atoms with Crippen LogP contribution in [0, 0.1) is 6.92 Å². The van der Waals surface area contributed by atoms with Gasteiger partial charge < -0.3 is 15.4 Å². The van der Waals surface area contributed by atoms with E-state index in [2.05, 4.69) is 32.5 Å². The molecule has 1 atom stereocenters. The fourth-order valence-corrected chi connectivity index (χ4v) is 3.20. The summed E-state index contributed by atoms with van der Waals surface area (Å²) in [6, 6.07) is 11.5. The Bertz CT molecular complexity index is 1020. The van der Waals surface area contributed by atoms with E-state index in [1.165, 1.54) is 0 Å². The molecule has 31 heavy (non-hydrogen) atoms. The smallest absolute Gasteiger partial charge is 0.251 e. The summed E-state index contributed by atoms with van der Waals surface area (Å²) in [5, 5.41) is 6.27. The summed E-state index contributed by atoms with van der Waals surface area (Å²) in [5.41, 5.74) is 4.36. The Kier molecular flexibility index (Phi) is 7.54. The number of nitrogens with one attached hydrogen (secondary N) is 2. The van der Waals surface area contributed by atoms with Crippen LogP contribution in [0.15, 0.2) is 48.9 Å². The topological polar surface area (TPSA) is 89.0 Å². The maximum absolute atomic E-state index is 12.2. The van der Waals surface area contributed by atoms with Gasteiger partial charge in [-0.05, 0) is 43.2 Å². The van der Waals surface area contributed by atoms with Crippen LogP contribution in [0.4, 0.5) is 5.82 Å². The summed E-state index contributed by atoms with van der Waals surface area (Å²) < 4.78 is 5.56. The van der Waals surface area contributed by atoms with E-state index in [-0.39, 0.29) is 11.8 Å². The van der Waals surface area contributed by atoms with Gasteiger partial charge in [-0.15, -0.1) is 0 Å². The number of carbonyl (C=O) groups excluding carboxylic acids is 1. The lowest BCUT2D eigenvalue weighted by atomic mass is 9.98. The predicted molar refractivity (Wildman–Crippen MR) is 123 cm³/mol. The van der Waals surface area contributed by atoms with E-state index in [0.29, 0.717) is 24.4 Å². The van der Waals surface area contributed by atoms with Gasteiger partial charge in [-0.2, -0.15) is 0 Å². The van der Waals surface area contributed by atoms with Gasteiger partial charge in [-0.1, -0.05) is 19.9 Å². The van der Waals surface area contributed by atoms with Gasteiger partial charge in [0.05, 0.1) is 12.8 Å². The molecule has 3 rings (SSSR count). The molecule has 2 N–H and O–H groups in total. The second-order valence-corrected chi connectivity index (χ2v) is 7.47. The van der Waals surface area contributed by atoms with Crippen molar-refractivity contribution >= 4 is 11.7 Å². The van der Waals surface area contributed by atoms with Crippen LogP contribution < -0.4 is 15.4 Å². The molecule has 3 aromatic rings. The molecule has 0 bridgehead atoms. The van der Waals surface area contributed by atoms with Gasteiger partial charge in [-0.25, -0.2) is 9.97 Å². The Labute approximate surface area is 183 Å². The van der Waals surface area contributed by atoms with Crippen molar-refractivity contribution in [1.82, 2.24) is 20.3 Å². The van der Waals surface area contributed by atoms with Crippen LogP contribution in [-0.4, -0.2) is 41.1 Å². The molecule has 0 saturated carbocycles. The van der Waals surface area contributed by atoms with Crippen molar-refractivity contribution in [3.63, 3.8) is 0 Å². The van der Waals surface area contributed by atoms with Crippen LogP contribution >= 0.6 is 0 Å². The molecule has 0 aliphatic rings. The summed E-state index contributed by atoms with van der Waals surface area (Å²) in [6.07, 6.45) is 4.26. The lowest BCUT2D eigenvalue weighted by Crippen LogP contribution is -2.24. The Hall–Kier alpha value is -3.48. The maximum atomic E-state index is 12.2. The molecule has 0 saturated heterocycles. The fourth-order valence-electron chi connectivity index (χ4n) is 3.20. The molecule has 2 heterocycles. The van der Waals surface area contributed by atoms with Gasteiger partial charge >= 0.3 is 0 Å². The summed E-state index contributed by atoms with van der Waals surface area (Å²) in [5.74, 6) is 1.50. The van der Waals surface area contributed by atoms with E-state index in [1.807, 2.05) is 50.4 Å². The number of rotatable bonds is 9. The second kappa shape index (κ2) is 10.5. The summed E-state index contributed by atoms with van der Waals surface area (Å²) in [6.45, 7) is 7.39. The van der Waals surface area contributed by atoms with Crippen molar-refractivity contribution < 1.29 is 9.53 Å². The molecule has 1 unspecified atom stereocenters. The first-order chi connectivity index (χ1) is 15.0. The molecule has 0 radical (unpaired) electrons. The van der Waals surface area contributed by atoms with E-state index < -0.39 is 0 Å². The van der Waals surface area contributed by atoms with Crippen molar-refractivity contribution in [3.8, 4) is 17.0 Å². The zero-order valence-corrected chi connectivity index (χ0v) is 18.5. The predicted octanol–water partition coefficient (Wildman–Crippen LogP) is 4.21. The van der Waals surface area contributed by atoms with E-state index >= 15 is 0 Å². The van der Waals surface area contributed by atoms with Crippen LogP contribution in [0.3, 0.4) is 0 Å². The molecule has 0 aliphatic heterocycles. The Morgan fingerprint density at radius 2 is 1.97 bits per heavy atom. The van der Waals surface area contributed by atoms with Crippen LogP contribution in [0.25, 0.3) is 11.3 Å². The third-order valence-electron chi connectivity index (χ3n) is 5.03. The van der Waals surface area contributed by atoms with Crippen LogP contribution in [-0.2, 0) is 0 Å². The number of hydrogen-bond donors (Lipinski definition) is 2. The summed E-state index contributed by atoms with van der Waals surface area (Å²) in [7, 11) is 1.62. The molecule has 162 valence electrons. The number of pyridine rings is 1. The van der Waals surface area contributed by atoms with E-state index in [1.54, 1.807) is 19.5 Å². The summed E-state index contributed by atoms with van der Waals surface area (Å²) in [4.78, 5) is 25.2. The monoisotopic (exact) mass is 419 g/mol. The highest BCUT2D eigenvalue weighted by atomic mass is 16.5. The van der Waals surface area contributed by atoms with E-state index in [9.17, 15) is 4.79 Å². The number of aryl methyl sites for hydroxylation is 1. The fraction of sp³-hybridized carbons (Fsp3) is 0.333. The minimum atomic E-state index is -0.0865. The van der Waals surface area contributed by atoms with Crippen molar-refractivity contribution in [1.29, 1.82) is 0 Å². The molecule has 7 nitrogen and oxygen atoms in total. The number of benzene rings is 1. The second-order valence-electron chi connectivity index (χ2n) is 7.47. The number of hydrogen-bond acceptors (Lipinski definition) is 6. The number of nitrogens with zero attached hydrogens (tertiary/aromatic N) is 3. The van der Waals surface area contributed by atoms with Crippen molar-refractivity contribution in [2.24, 2.45) is 0 Å². The average Bonchev–Trinajstić information content (AvgIpc) is 2.81. The van der Waals surface area contributed by atoms with Crippen LogP contribution in [0.1, 0.15) is 47.8 Å². The van der Waals surface area contributed by atoms with Crippen LogP contribution in [0.2, 0.25) is 0 Å². The van der Waals surface area contributed by atoms with E-state index in [0.717, 1.165) is 34.8 Å². The zero-order valence-electron chi connectivity index (χ0n) is 18.5. The number of anilines is 1. The number of methoxy groups -OCH3 is 1. The highest BCUT2D eigenvalue weighted by molar-refractivity contribution is 5.94. The molecular formula is C24H29N5O2. The summed E-state index contributed by atoms with van der Waals surface area (Å²) >= 11 is 0. The number of amides is 1. The average molecular weight is 420 g/mol. The largest absolute Gasteiger partial charge is 0.496 e. The van der Waals surface area contributed by atoms with Crippen molar-refractivity contribution in [2.75, 3.05) is 25.5 Å². The van der Waals surface area contributed by atoms with Gasteiger partial charge in [0.15, 0.2) is 0 Å². The van der Waals surface area contributed by atoms with Gasteiger partial charge in [0.2, 0.25) is 0 Å². The first-order valence-corrected chi connectivity index (χ1v) is 10.5.